The van der Waals surface area contributed by atoms with E-state index in [4.69, 9.17) is 11.6 Å². The molecule has 0 radical (unpaired) electrons. The van der Waals surface area contributed by atoms with Crippen LogP contribution in [0.3, 0.4) is 0 Å². The van der Waals surface area contributed by atoms with E-state index >= 15 is 0 Å². The molecular formula is C13H11ClN2O2. The zero-order chi connectivity index (χ0) is 13.1. The lowest BCUT2D eigenvalue weighted by Gasteiger charge is -1.93. The number of hydrogen-bond donors (Lipinski definition) is 2. The Balaban J connectivity index is 2.66. The Morgan fingerprint density at radius 2 is 1.56 bits per heavy atom. The molecule has 0 aliphatic heterocycles. The summed E-state index contributed by atoms with van der Waals surface area (Å²) in [6.45, 7) is 1.68. The Hall–Kier alpha value is -2.07. The minimum absolute atomic E-state index is 0.216. The van der Waals surface area contributed by atoms with Crippen molar-refractivity contribution < 1.29 is 0 Å². The van der Waals surface area contributed by atoms with Crippen molar-refractivity contribution in [3.05, 3.63) is 66.3 Å². The van der Waals surface area contributed by atoms with Crippen molar-refractivity contribution in [3.63, 3.8) is 0 Å². The van der Waals surface area contributed by atoms with E-state index in [-0.39, 0.29) is 21.8 Å². The number of rotatable bonds is 1. The third kappa shape index (κ3) is 2.60. The maximum atomic E-state index is 11.7. The number of aromatic nitrogens is 2. The van der Waals surface area contributed by atoms with Gasteiger partial charge in [-0.3, -0.25) is 9.59 Å². The third-order valence-corrected chi connectivity index (χ3v) is 2.71. The summed E-state index contributed by atoms with van der Waals surface area (Å²) in [7, 11) is 0. The summed E-state index contributed by atoms with van der Waals surface area (Å²) in [5, 5.41) is 1.09. The monoisotopic (exact) mass is 262 g/mol. The SMILES string of the molecule is C/C=c1\[nH]c(=O)/c(=C\c2ccc(Cl)cc2)[nH]c1=O. The number of benzene rings is 1. The predicted molar refractivity (Wildman–Crippen MR) is 72.1 cm³/mol. The van der Waals surface area contributed by atoms with Gasteiger partial charge in [-0.15, -0.1) is 0 Å². The molecular weight excluding hydrogens is 252 g/mol. The van der Waals surface area contributed by atoms with Crippen molar-refractivity contribution in [3.8, 4) is 0 Å². The molecule has 2 N–H and O–H groups in total. The molecule has 2 rings (SSSR count). The van der Waals surface area contributed by atoms with Crippen molar-refractivity contribution in [2.24, 2.45) is 0 Å². The van der Waals surface area contributed by atoms with Gasteiger partial charge in [-0.05, 0) is 30.7 Å². The summed E-state index contributed by atoms with van der Waals surface area (Å²) in [6, 6.07) is 6.96. The normalized spacial score (nSPS) is 13.0. The first-order valence-corrected chi connectivity index (χ1v) is 5.74. The quantitative estimate of drug-likeness (QED) is 0.779. The van der Waals surface area contributed by atoms with Crippen LogP contribution >= 0.6 is 11.6 Å². The molecule has 0 bridgehead atoms. The zero-order valence-electron chi connectivity index (χ0n) is 9.66. The highest BCUT2D eigenvalue weighted by Gasteiger charge is 1.95. The fraction of sp³-hybridized carbons (Fsp3) is 0.0769. The van der Waals surface area contributed by atoms with Gasteiger partial charge in [-0.2, -0.15) is 0 Å². The van der Waals surface area contributed by atoms with Crippen LogP contribution in [-0.2, 0) is 0 Å². The van der Waals surface area contributed by atoms with E-state index in [0.717, 1.165) is 5.56 Å². The Bertz CT molecular complexity index is 785. The summed E-state index contributed by atoms with van der Waals surface area (Å²) >= 11 is 5.77. The highest BCUT2D eigenvalue weighted by Crippen LogP contribution is 2.09. The fourth-order valence-electron chi connectivity index (χ4n) is 1.52. The van der Waals surface area contributed by atoms with Crippen molar-refractivity contribution in [2.75, 3.05) is 0 Å². The van der Waals surface area contributed by atoms with Crippen LogP contribution < -0.4 is 21.8 Å². The van der Waals surface area contributed by atoms with Crippen LogP contribution in [0.4, 0.5) is 0 Å². The lowest BCUT2D eigenvalue weighted by atomic mass is 10.2. The summed E-state index contributed by atoms with van der Waals surface area (Å²) in [6.07, 6.45) is 3.14. The minimum atomic E-state index is -0.336. The van der Waals surface area contributed by atoms with Gasteiger partial charge < -0.3 is 9.97 Å². The van der Waals surface area contributed by atoms with Gasteiger partial charge in [0.2, 0.25) is 0 Å². The first-order valence-electron chi connectivity index (χ1n) is 5.36. The molecule has 1 aromatic carbocycles. The van der Waals surface area contributed by atoms with Crippen LogP contribution in [0.5, 0.6) is 0 Å². The zero-order valence-corrected chi connectivity index (χ0v) is 10.4. The molecule has 1 heterocycles. The van der Waals surface area contributed by atoms with E-state index in [1.807, 2.05) is 0 Å². The molecule has 0 fully saturated rings. The standard InChI is InChI=1S/C13H11ClN2O2/c1-2-10-12(17)16-11(13(18)15-10)7-8-3-5-9(14)6-4-8/h2-7H,1H3,(H,15,18)(H,16,17)/b10-2-,11-7+. The Kier molecular flexibility index (Phi) is 3.48. The topological polar surface area (TPSA) is 65.7 Å². The summed E-state index contributed by atoms with van der Waals surface area (Å²) in [5.74, 6) is 0. The second-order valence-corrected chi connectivity index (χ2v) is 4.16. The van der Waals surface area contributed by atoms with E-state index in [1.54, 1.807) is 43.3 Å². The van der Waals surface area contributed by atoms with E-state index in [2.05, 4.69) is 9.97 Å². The van der Waals surface area contributed by atoms with Gasteiger partial charge in [0.25, 0.3) is 11.1 Å². The molecule has 2 aromatic rings. The Morgan fingerprint density at radius 1 is 1.00 bits per heavy atom. The van der Waals surface area contributed by atoms with Crippen LogP contribution in [0, 0.1) is 0 Å². The molecule has 92 valence electrons. The number of halogens is 1. The Morgan fingerprint density at radius 3 is 2.17 bits per heavy atom. The predicted octanol–water partition coefficient (Wildman–Crippen LogP) is 0.346. The molecule has 0 amide bonds. The van der Waals surface area contributed by atoms with E-state index in [0.29, 0.717) is 5.02 Å². The molecule has 0 spiro atoms. The minimum Gasteiger partial charge on any atom is -0.316 e. The lowest BCUT2D eigenvalue weighted by Crippen LogP contribution is -2.46. The lowest BCUT2D eigenvalue weighted by molar-refractivity contribution is 1.00. The molecule has 5 heteroatoms. The van der Waals surface area contributed by atoms with Gasteiger partial charge >= 0.3 is 0 Å². The van der Waals surface area contributed by atoms with Crippen LogP contribution in [0.2, 0.25) is 5.02 Å². The van der Waals surface area contributed by atoms with E-state index < -0.39 is 0 Å². The number of nitrogens with one attached hydrogen (secondary N) is 2. The highest BCUT2D eigenvalue weighted by molar-refractivity contribution is 6.30. The van der Waals surface area contributed by atoms with Crippen molar-refractivity contribution in [1.29, 1.82) is 0 Å². The van der Waals surface area contributed by atoms with Crippen LogP contribution in [-0.4, -0.2) is 9.97 Å². The van der Waals surface area contributed by atoms with Crippen molar-refractivity contribution in [2.45, 2.75) is 6.92 Å². The van der Waals surface area contributed by atoms with Crippen LogP contribution in [0.1, 0.15) is 12.5 Å². The van der Waals surface area contributed by atoms with Gasteiger partial charge in [0, 0.05) is 5.02 Å². The molecule has 0 atom stereocenters. The molecule has 0 saturated heterocycles. The average molecular weight is 263 g/mol. The van der Waals surface area contributed by atoms with Gasteiger partial charge in [-0.25, -0.2) is 0 Å². The third-order valence-electron chi connectivity index (χ3n) is 2.46. The molecule has 18 heavy (non-hydrogen) atoms. The van der Waals surface area contributed by atoms with Gasteiger partial charge in [-0.1, -0.05) is 29.8 Å². The summed E-state index contributed by atoms with van der Waals surface area (Å²) in [5.41, 5.74) is 0.128. The molecule has 4 nitrogen and oxygen atoms in total. The highest BCUT2D eigenvalue weighted by atomic mass is 35.5. The van der Waals surface area contributed by atoms with E-state index in [9.17, 15) is 9.59 Å². The van der Waals surface area contributed by atoms with Crippen LogP contribution in [0.15, 0.2) is 33.9 Å². The van der Waals surface area contributed by atoms with Crippen molar-refractivity contribution in [1.82, 2.24) is 9.97 Å². The van der Waals surface area contributed by atoms with E-state index in [1.165, 1.54) is 0 Å². The summed E-state index contributed by atoms with van der Waals surface area (Å²) in [4.78, 5) is 28.3. The fourth-order valence-corrected chi connectivity index (χ4v) is 1.65. The molecule has 0 aliphatic carbocycles. The van der Waals surface area contributed by atoms with Crippen LogP contribution in [0.25, 0.3) is 12.2 Å². The maximum absolute atomic E-state index is 11.7. The number of H-pyrrole nitrogens is 2. The summed E-state index contributed by atoms with van der Waals surface area (Å²) < 4.78 is 0. The smallest absolute Gasteiger partial charge is 0.272 e. The van der Waals surface area contributed by atoms with Gasteiger partial charge in [0.05, 0.1) is 0 Å². The molecule has 1 aromatic heterocycles. The first-order chi connectivity index (χ1) is 8.60. The second kappa shape index (κ2) is 5.06. The average Bonchev–Trinajstić information content (AvgIpc) is 2.36. The molecule has 0 aliphatic rings. The molecule has 0 unspecified atom stereocenters. The van der Waals surface area contributed by atoms with Crippen molar-refractivity contribution >= 4 is 23.8 Å². The Labute approximate surface area is 107 Å². The number of aromatic amines is 2. The maximum Gasteiger partial charge on any atom is 0.272 e. The molecule has 0 saturated carbocycles. The largest absolute Gasteiger partial charge is 0.316 e. The van der Waals surface area contributed by atoms with Gasteiger partial charge in [0.1, 0.15) is 10.7 Å². The number of hydrogen-bond acceptors (Lipinski definition) is 2. The van der Waals surface area contributed by atoms with Gasteiger partial charge in [0.15, 0.2) is 0 Å². The first kappa shape index (κ1) is 12.4. The second-order valence-electron chi connectivity index (χ2n) is 3.72.